The van der Waals surface area contributed by atoms with Gasteiger partial charge in [0.15, 0.2) is 0 Å². The van der Waals surface area contributed by atoms with Crippen molar-refractivity contribution < 1.29 is 9.90 Å². The number of nitrogens with one attached hydrogen (secondary N) is 1. The van der Waals surface area contributed by atoms with Crippen molar-refractivity contribution in [2.75, 3.05) is 5.32 Å². The van der Waals surface area contributed by atoms with E-state index in [1.807, 2.05) is 0 Å². The molecule has 2 N–H and O–H groups in total. The van der Waals surface area contributed by atoms with E-state index in [-0.39, 0.29) is 11.7 Å². The smallest absolute Gasteiger partial charge is 0.274 e. The Labute approximate surface area is 106 Å². The van der Waals surface area contributed by atoms with Crippen LogP contribution in [0, 0.1) is 0 Å². The van der Waals surface area contributed by atoms with E-state index in [1.165, 1.54) is 12.1 Å². The first kappa shape index (κ1) is 11.6. The second-order valence-electron chi connectivity index (χ2n) is 3.35. The van der Waals surface area contributed by atoms with Gasteiger partial charge in [0.05, 0.1) is 0 Å². The van der Waals surface area contributed by atoms with Gasteiger partial charge in [-0.25, -0.2) is 4.98 Å². The molecule has 0 atom stereocenters. The molecule has 0 aliphatic carbocycles. The van der Waals surface area contributed by atoms with Crippen LogP contribution in [0.25, 0.3) is 0 Å². The molecular weight excluding hydrogens is 284 g/mol. The summed E-state index contributed by atoms with van der Waals surface area (Å²) >= 11 is 3.20. The Kier molecular flexibility index (Phi) is 3.39. The van der Waals surface area contributed by atoms with E-state index in [0.29, 0.717) is 16.0 Å². The zero-order valence-electron chi connectivity index (χ0n) is 8.72. The Morgan fingerprint density at radius 2 is 2.00 bits per heavy atom. The number of anilines is 1. The van der Waals surface area contributed by atoms with Gasteiger partial charge in [0.25, 0.3) is 5.91 Å². The van der Waals surface area contributed by atoms with Crippen molar-refractivity contribution in [3.63, 3.8) is 0 Å². The fraction of sp³-hybridized carbons (Fsp3) is 0. The Balaban J connectivity index is 2.17. The maximum Gasteiger partial charge on any atom is 0.274 e. The van der Waals surface area contributed by atoms with Gasteiger partial charge < -0.3 is 10.4 Å². The molecule has 1 aromatic heterocycles. The second kappa shape index (κ2) is 4.97. The molecule has 1 amide bonds. The number of amides is 1. The average Bonchev–Trinajstić information content (AvgIpc) is 2.29. The number of carbonyl (C=O) groups is 1. The van der Waals surface area contributed by atoms with Crippen molar-refractivity contribution in [2.24, 2.45) is 0 Å². The number of nitrogens with zero attached hydrogens (tertiary/aromatic N) is 1. The number of hydrogen-bond donors (Lipinski definition) is 2. The van der Waals surface area contributed by atoms with Gasteiger partial charge in [-0.05, 0) is 40.2 Å². The summed E-state index contributed by atoms with van der Waals surface area (Å²) in [6.07, 6.45) is 0. The zero-order valence-corrected chi connectivity index (χ0v) is 10.3. The molecule has 0 unspecified atom stereocenters. The molecule has 2 aromatic rings. The first-order valence-electron chi connectivity index (χ1n) is 4.88. The van der Waals surface area contributed by atoms with Crippen LogP contribution in [0.15, 0.2) is 47.1 Å². The second-order valence-corrected chi connectivity index (χ2v) is 4.16. The summed E-state index contributed by atoms with van der Waals surface area (Å²) in [7, 11) is 0. The Bertz CT molecular complexity index is 558. The Hall–Kier alpha value is -1.88. The molecule has 0 aliphatic heterocycles. The lowest BCUT2D eigenvalue weighted by Gasteiger charge is -2.05. The van der Waals surface area contributed by atoms with Crippen LogP contribution in [0.1, 0.15) is 10.5 Å². The van der Waals surface area contributed by atoms with Crippen LogP contribution in [0.4, 0.5) is 5.69 Å². The van der Waals surface area contributed by atoms with Gasteiger partial charge in [0, 0.05) is 11.8 Å². The minimum absolute atomic E-state index is 0.102. The zero-order chi connectivity index (χ0) is 12.3. The molecule has 2 rings (SSSR count). The van der Waals surface area contributed by atoms with Crippen molar-refractivity contribution in [1.82, 2.24) is 4.98 Å². The number of benzene rings is 1. The maximum absolute atomic E-state index is 11.8. The topological polar surface area (TPSA) is 62.2 Å². The lowest BCUT2D eigenvalue weighted by molar-refractivity contribution is 0.102. The van der Waals surface area contributed by atoms with Gasteiger partial charge in [0.1, 0.15) is 16.0 Å². The van der Waals surface area contributed by atoms with Crippen molar-refractivity contribution in [2.45, 2.75) is 0 Å². The van der Waals surface area contributed by atoms with Gasteiger partial charge in [-0.2, -0.15) is 0 Å². The predicted molar refractivity (Wildman–Crippen MR) is 68.0 cm³/mol. The average molecular weight is 293 g/mol. The van der Waals surface area contributed by atoms with Crippen LogP contribution in [0.3, 0.4) is 0 Å². The standard InChI is InChI=1S/C12H9BrN2O2/c13-11-6-2-5-10(15-11)12(17)14-8-3-1-4-9(16)7-8/h1-7,16H,(H,14,17). The lowest BCUT2D eigenvalue weighted by Crippen LogP contribution is -2.13. The van der Waals surface area contributed by atoms with Gasteiger partial charge in [-0.1, -0.05) is 12.1 Å². The van der Waals surface area contributed by atoms with E-state index in [2.05, 4.69) is 26.2 Å². The monoisotopic (exact) mass is 292 g/mol. The molecular formula is C12H9BrN2O2. The number of phenolic OH excluding ortho intramolecular Hbond substituents is 1. The van der Waals surface area contributed by atoms with Gasteiger partial charge in [-0.15, -0.1) is 0 Å². The van der Waals surface area contributed by atoms with Crippen LogP contribution < -0.4 is 5.32 Å². The highest BCUT2D eigenvalue weighted by atomic mass is 79.9. The fourth-order valence-electron chi connectivity index (χ4n) is 1.31. The molecule has 0 saturated heterocycles. The summed E-state index contributed by atoms with van der Waals surface area (Å²) in [4.78, 5) is 15.8. The summed E-state index contributed by atoms with van der Waals surface area (Å²) < 4.78 is 0.598. The third-order valence-corrected chi connectivity index (χ3v) is 2.49. The third-order valence-electron chi connectivity index (χ3n) is 2.05. The SMILES string of the molecule is O=C(Nc1cccc(O)c1)c1cccc(Br)n1. The molecule has 0 bridgehead atoms. The van der Waals surface area contributed by atoms with Gasteiger partial charge >= 0.3 is 0 Å². The van der Waals surface area contributed by atoms with E-state index >= 15 is 0 Å². The first-order chi connectivity index (χ1) is 8.15. The lowest BCUT2D eigenvalue weighted by atomic mass is 10.3. The van der Waals surface area contributed by atoms with Crippen LogP contribution in [0.5, 0.6) is 5.75 Å². The van der Waals surface area contributed by atoms with E-state index < -0.39 is 0 Å². The molecule has 1 aromatic carbocycles. The van der Waals surface area contributed by atoms with E-state index in [0.717, 1.165) is 0 Å². The number of rotatable bonds is 2. The van der Waals surface area contributed by atoms with Crippen molar-refractivity contribution in [3.8, 4) is 5.75 Å². The third kappa shape index (κ3) is 3.04. The molecule has 4 nitrogen and oxygen atoms in total. The molecule has 17 heavy (non-hydrogen) atoms. The van der Waals surface area contributed by atoms with Crippen molar-refractivity contribution in [1.29, 1.82) is 0 Å². The summed E-state index contributed by atoms with van der Waals surface area (Å²) in [5.74, 6) is -0.220. The maximum atomic E-state index is 11.8. The molecule has 0 fully saturated rings. The van der Waals surface area contributed by atoms with E-state index in [4.69, 9.17) is 0 Å². The van der Waals surface area contributed by atoms with Crippen molar-refractivity contribution >= 4 is 27.5 Å². The largest absolute Gasteiger partial charge is 0.508 e. The number of phenols is 1. The molecule has 0 aliphatic rings. The molecule has 0 spiro atoms. The van der Waals surface area contributed by atoms with Crippen LogP contribution in [-0.4, -0.2) is 16.0 Å². The summed E-state index contributed by atoms with van der Waals surface area (Å²) in [6.45, 7) is 0. The van der Waals surface area contributed by atoms with Crippen LogP contribution >= 0.6 is 15.9 Å². The van der Waals surface area contributed by atoms with Crippen LogP contribution in [-0.2, 0) is 0 Å². The van der Waals surface area contributed by atoms with E-state index in [9.17, 15) is 9.90 Å². The molecule has 86 valence electrons. The highest BCUT2D eigenvalue weighted by molar-refractivity contribution is 9.10. The summed E-state index contributed by atoms with van der Waals surface area (Å²) in [5, 5.41) is 11.9. The Morgan fingerprint density at radius 1 is 1.24 bits per heavy atom. The minimum Gasteiger partial charge on any atom is -0.508 e. The van der Waals surface area contributed by atoms with Gasteiger partial charge in [-0.3, -0.25) is 4.79 Å². The fourth-order valence-corrected chi connectivity index (χ4v) is 1.66. The predicted octanol–water partition coefficient (Wildman–Crippen LogP) is 2.80. The minimum atomic E-state index is -0.322. The quantitative estimate of drug-likeness (QED) is 0.837. The molecule has 1 heterocycles. The highest BCUT2D eigenvalue weighted by Gasteiger charge is 2.07. The summed E-state index contributed by atoms with van der Waals surface area (Å²) in [5.41, 5.74) is 0.833. The molecule has 0 radical (unpaired) electrons. The van der Waals surface area contributed by atoms with E-state index in [1.54, 1.807) is 30.3 Å². The first-order valence-corrected chi connectivity index (χ1v) is 5.67. The highest BCUT2D eigenvalue weighted by Crippen LogP contribution is 2.16. The number of hydrogen-bond acceptors (Lipinski definition) is 3. The summed E-state index contributed by atoms with van der Waals surface area (Å²) in [6, 6.07) is 11.4. The van der Waals surface area contributed by atoms with Crippen LogP contribution in [0.2, 0.25) is 0 Å². The molecule has 5 heteroatoms. The number of aromatic nitrogens is 1. The normalized spacial score (nSPS) is 9.94. The number of halogens is 1. The Morgan fingerprint density at radius 3 is 2.71 bits per heavy atom. The molecule has 0 saturated carbocycles. The number of carbonyl (C=O) groups excluding carboxylic acids is 1. The van der Waals surface area contributed by atoms with Gasteiger partial charge in [0.2, 0.25) is 0 Å². The van der Waals surface area contributed by atoms with Crippen molar-refractivity contribution in [3.05, 3.63) is 52.8 Å². The number of pyridine rings is 1. The number of aromatic hydroxyl groups is 1.